The zero-order chi connectivity index (χ0) is 11.0. The number of rotatable bonds is 2. The normalized spacial score (nSPS) is 18.1. The quantitative estimate of drug-likeness (QED) is 0.762. The molecular formula is C11H8O4. The Hall–Kier alpha value is -2.10. The van der Waals surface area contributed by atoms with Gasteiger partial charge in [0, 0.05) is 0 Å². The van der Waals surface area contributed by atoms with Crippen LogP contribution in [0, 0.1) is 0 Å². The highest BCUT2D eigenvalue weighted by molar-refractivity contribution is 6.18. The van der Waals surface area contributed by atoms with Crippen LogP contribution in [-0.4, -0.2) is 22.2 Å². The second kappa shape index (κ2) is 3.24. The summed E-state index contributed by atoms with van der Waals surface area (Å²) in [6.45, 7) is 0. The van der Waals surface area contributed by atoms with Crippen molar-refractivity contribution in [2.24, 2.45) is 0 Å². The molecule has 1 aromatic carbocycles. The maximum Gasteiger partial charge on any atom is 0.336 e. The fraction of sp³-hybridized carbons (Fsp3) is 0.0909. The molecule has 4 nitrogen and oxygen atoms in total. The standard InChI is InChI=1S/C11H8O4/c12-10(13)8-5-9(11(14)15)7-4-2-1-3-6(7)8/h1-5,8H,(H,12,13)(H,14,15). The number of aliphatic carboxylic acids is 2. The van der Waals surface area contributed by atoms with Gasteiger partial charge in [-0.3, -0.25) is 4.79 Å². The van der Waals surface area contributed by atoms with Crippen molar-refractivity contribution in [3.05, 3.63) is 41.5 Å². The molecule has 1 unspecified atom stereocenters. The van der Waals surface area contributed by atoms with E-state index in [1.54, 1.807) is 24.3 Å². The van der Waals surface area contributed by atoms with Crippen LogP contribution < -0.4 is 0 Å². The van der Waals surface area contributed by atoms with Crippen LogP contribution in [0.3, 0.4) is 0 Å². The highest BCUT2D eigenvalue weighted by Gasteiger charge is 2.30. The fourth-order valence-corrected chi connectivity index (χ4v) is 1.75. The van der Waals surface area contributed by atoms with E-state index in [9.17, 15) is 9.59 Å². The summed E-state index contributed by atoms with van der Waals surface area (Å²) in [6, 6.07) is 6.66. The van der Waals surface area contributed by atoms with Gasteiger partial charge in [-0.05, 0) is 11.1 Å². The Morgan fingerprint density at radius 3 is 2.40 bits per heavy atom. The van der Waals surface area contributed by atoms with E-state index in [4.69, 9.17) is 10.2 Å². The Kier molecular flexibility index (Phi) is 2.04. The third-order valence-electron chi connectivity index (χ3n) is 2.42. The summed E-state index contributed by atoms with van der Waals surface area (Å²) >= 11 is 0. The predicted molar refractivity (Wildman–Crippen MR) is 52.4 cm³/mol. The van der Waals surface area contributed by atoms with Crippen molar-refractivity contribution in [1.82, 2.24) is 0 Å². The van der Waals surface area contributed by atoms with E-state index in [1.807, 2.05) is 0 Å². The molecule has 0 radical (unpaired) electrons. The molecule has 0 saturated heterocycles. The van der Waals surface area contributed by atoms with Gasteiger partial charge in [-0.15, -0.1) is 0 Å². The number of carbonyl (C=O) groups is 2. The lowest BCUT2D eigenvalue weighted by molar-refractivity contribution is -0.137. The summed E-state index contributed by atoms with van der Waals surface area (Å²) in [6.07, 6.45) is 1.27. The predicted octanol–water partition coefficient (Wildman–Crippen LogP) is 1.34. The lowest BCUT2D eigenvalue weighted by Crippen LogP contribution is -2.06. The van der Waals surface area contributed by atoms with Crippen LogP contribution in [0.5, 0.6) is 0 Å². The van der Waals surface area contributed by atoms with E-state index in [2.05, 4.69) is 0 Å². The molecule has 1 aliphatic carbocycles. The van der Waals surface area contributed by atoms with Crippen LogP contribution >= 0.6 is 0 Å². The van der Waals surface area contributed by atoms with Crippen LogP contribution in [0.15, 0.2) is 30.3 Å². The first-order chi connectivity index (χ1) is 7.11. The van der Waals surface area contributed by atoms with Gasteiger partial charge < -0.3 is 10.2 Å². The van der Waals surface area contributed by atoms with Gasteiger partial charge in [0.1, 0.15) is 5.92 Å². The van der Waals surface area contributed by atoms with Crippen molar-refractivity contribution in [1.29, 1.82) is 0 Å². The highest BCUT2D eigenvalue weighted by Crippen LogP contribution is 2.35. The number of fused-ring (bicyclic) bond motifs is 1. The number of benzene rings is 1. The van der Waals surface area contributed by atoms with Gasteiger partial charge in [0.05, 0.1) is 5.57 Å². The van der Waals surface area contributed by atoms with Crippen molar-refractivity contribution in [2.45, 2.75) is 5.92 Å². The van der Waals surface area contributed by atoms with E-state index in [1.165, 1.54) is 6.08 Å². The van der Waals surface area contributed by atoms with Crippen molar-refractivity contribution in [2.75, 3.05) is 0 Å². The van der Waals surface area contributed by atoms with Crippen molar-refractivity contribution in [3.8, 4) is 0 Å². The topological polar surface area (TPSA) is 74.6 Å². The van der Waals surface area contributed by atoms with Crippen LogP contribution in [0.1, 0.15) is 17.0 Å². The molecule has 15 heavy (non-hydrogen) atoms. The smallest absolute Gasteiger partial charge is 0.336 e. The van der Waals surface area contributed by atoms with Crippen molar-refractivity contribution >= 4 is 17.5 Å². The highest BCUT2D eigenvalue weighted by atomic mass is 16.4. The molecule has 1 aromatic rings. The Labute approximate surface area is 85.5 Å². The molecule has 0 bridgehead atoms. The molecule has 0 amide bonds. The van der Waals surface area contributed by atoms with E-state index in [0.717, 1.165) is 0 Å². The minimum absolute atomic E-state index is 0.0676. The van der Waals surface area contributed by atoms with Gasteiger partial charge in [-0.1, -0.05) is 30.3 Å². The van der Waals surface area contributed by atoms with Crippen LogP contribution in [0.4, 0.5) is 0 Å². The maximum absolute atomic E-state index is 10.9. The molecule has 0 saturated carbocycles. The Bertz CT molecular complexity index is 473. The van der Waals surface area contributed by atoms with Gasteiger partial charge in [0.15, 0.2) is 0 Å². The van der Waals surface area contributed by atoms with Gasteiger partial charge >= 0.3 is 11.9 Å². The first-order valence-electron chi connectivity index (χ1n) is 4.38. The molecule has 2 rings (SSSR count). The number of carboxylic acid groups (broad SMARTS) is 2. The Balaban J connectivity index is 2.59. The van der Waals surface area contributed by atoms with E-state index in [0.29, 0.717) is 11.1 Å². The largest absolute Gasteiger partial charge is 0.481 e. The molecule has 0 heterocycles. The summed E-state index contributed by atoms with van der Waals surface area (Å²) in [5.41, 5.74) is 1.11. The van der Waals surface area contributed by atoms with E-state index in [-0.39, 0.29) is 5.57 Å². The third-order valence-corrected chi connectivity index (χ3v) is 2.42. The zero-order valence-corrected chi connectivity index (χ0v) is 7.68. The Morgan fingerprint density at radius 2 is 1.80 bits per heavy atom. The molecule has 4 heteroatoms. The van der Waals surface area contributed by atoms with Gasteiger partial charge in [-0.2, -0.15) is 0 Å². The molecule has 1 atom stereocenters. The van der Waals surface area contributed by atoms with Gasteiger partial charge in [0.25, 0.3) is 0 Å². The molecule has 1 aliphatic rings. The summed E-state index contributed by atoms with van der Waals surface area (Å²) < 4.78 is 0. The van der Waals surface area contributed by atoms with E-state index >= 15 is 0 Å². The SMILES string of the molecule is O=C(O)C1=CC(C(=O)O)c2ccccc21. The molecule has 0 fully saturated rings. The summed E-state index contributed by atoms with van der Waals surface area (Å²) in [4.78, 5) is 21.8. The number of hydrogen-bond donors (Lipinski definition) is 2. The summed E-state index contributed by atoms with van der Waals surface area (Å²) in [5, 5.41) is 17.8. The zero-order valence-electron chi connectivity index (χ0n) is 7.68. The second-order valence-corrected chi connectivity index (χ2v) is 3.29. The third kappa shape index (κ3) is 1.40. The first kappa shape index (κ1) is 9.45. The van der Waals surface area contributed by atoms with Gasteiger partial charge in [0.2, 0.25) is 0 Å². The molecule has 2 N–H and O–H groups in total. The van der Waals surface area contributed by atoms with Crippen LogP contribution in [0.25, 0.3) is 5.57 Å². The molecule has 0 aliphatic heterocycles. The van der Waals surface area contributed by atoms with Crippen molar-refractivity contribution in [3.63, 3.8) is 0 Å². The summed E-state index contributed by atoms with van der Waals surface area (Å²) in [5.74, 6) is -2.96. The molecule has 0 aromatic heterocycles. The van der Waals surface area contributed by atoms with Crippen molar-refractivity contribution < 1.29 is 19.8 Å². The van der Waals surface area contributed by atoms with Gasteiger partial charge in [-0.25, -0.2) is 4.79 Å². The lowest BCUT2D eigenvalue weighted by atomic mass is 10.0. The summed E-state index contributed by atoms with van der Waals surface area (Å²) in [7, 11) is 0. The van der Waals surface area contributed by atoms with Crippen LogP contribution in [0.2, 0.25) is 0 Å². The molecular weight excluding hydrogens is 196 g/mol. The second-order valence-electron chi connectivity index (χ2n) is 3.29. The molecule has 0 spiro atoms. The fourth-order valence-electron chi connectivity index (χ4n) is 1.75. The Morgan fingerprint density at radius 1 is 1.13 bits per heavy atom. The number of carboxylic acids is 2. The first-order valence-corrected chi connectivity index (χ1v) is 4.38. The van der Waals surface area contributed by atoms with E-state index < -0.39 is 17.9 Å². The number of hydrogen-bond acceptors (Lipinski definition) is 2. The monoisotopic (exact) mass is 204 g/mol. The minimum atomic E-state index is -1.09. The maximum atomic E-state index is 10.9. The lowest BCUT2D eigenvalue weighted by Gasteiger charge is -2.04. The average Bonchev–Trinajstić information content (AvgIpc) is 2.56. The average molecular weight is 204 g/mol. The van der Waals surface area contributed by atoms with Crippen LogP contribution in [-0.2, 0) is 9.59 Å². The molecule has 76 valence electrons. The minimum Gasteiger partial charge on any atom is -0.481 e.